The largest absolute Gasteiger partial charge is 0.471 e. The topological polar surface area (TPSA) is 58.6 Å². The molecule has 0 radical (unpaired) electrons. The number of halogens is 3. The molecule has 2 unspecified atom stereocenters. The van der Waals surface area contributed by atoms with Crippen molar-refractivity contribution in [1.82, 2.24) is 10.2 Å². The molecule has 2 rings (SSSR count). The van der Waals surface area contributed by atoms with Gasteiger partial charge in [-0.15, -0.1) is 0 Å². The summed E-state index contributed by atoms with van der Waals surface area (Å²) in [7, 11) is 0. The Bertz CT molecular complexity index is 413. The summed E-state index contributed by atoms with van der Waals surface area (Å²) < 4.78 is 42.4. The van der Waals surface area contributed by atoms with Crippen LogP contribution in [0, 0.1) is 11.3 Å². The molecule has 2 fully saturated rings. The van der Waals surface area contributed by atoms with Crippen LogP contribution < -0.4 is 5.32 Å². The number of carbonyl (C=O) groups is 2. The Labute approximate surface area is 114 Å². The average molecular weight is 294 g/mol. The lowest BCUT2D eigenvalue weighted by atomic mass is 9.72. The molecule has 1 amide bonds. The second-order valence-electron chi connectivity index (χ2n) is 5.20. The van der Waals surface area contributed by atoms with Gasteiger partial charge in [-0.25, -0.2) is 0 Å². The van der Waals surface area contributed by atoms with Crippen LogP contribution in [0.15, 0.2) is 0 Å². The van der Waals surface area contributed by atoms with Gasteiger partial charge in [-0.05, 0) is 13.3 Å². The van der Waals surface area contributed by atoms with Gasteiger partial charge in [-0.2, -0.15) is 13.2 Å². The molecule has 0 aromatic heterocycles. The Balaban J connectivity index is 2.12. The van der Waals surface area contributed by atoms with Crippen molar-refractivity contribution in [3.05, 3.63) is 0 Å². The molecule has 114 valence electrons. The van der Waals surface area contributed by atoms with E-state index in [0.29, 0.717) is 13.1 Å². The molecule has 0 aliphatic carbocycles. The summed E-state index contributed by atoms with van der Waals surface area (Å²) in [6, 6.07) is 0. The highest BCUT2D eigenvalue weighted by Gasteiger charge is 2.55. The zero-order chi connectivity index (χ0) is 15.0. The summed E-state index contributed by atoms with van der Waals surface area (Å²) in [5.41, 5.74) is -0.793. The van der Waals surface area contributed by atoms with E-state index in [1.165, 1.54) is 0 Å². The molecular formula is C12H17F3N2O3. The second-order valence-corrected chi connectivity index (χ2v) is 5.20. The minimum Gasteiger partial charge on any atom is -0.466 e. The van der Waals surface area contributed by atoms with Crippen molar-refractivity contribution >= 4 is 11.9 Å². The van der Waals surface area contributed by atoms with E-state index >= 15 is 0 Å². The number of hydrogen-bond donors (Lipinski definition) is 1. The SMILES string of the molecule is CCOC(=O)C12CCN(C(=O)C(F)(F)F)CC1CNC2. The normalized spacial score (nSPS) is 30.0. The molecular weight excluding hydrogens is 277 g/mol. The van der Waals surface area contributed by atoms with E-state index in [-0.39, 0.29) is 38.0 Å². The van der Waals surface area contributed by atoms with Crippen molar-refractivity contribution in [2.24, 2.45) is 11.3 Å². The summed E-state index contributed by atoms with van der Waals surface area (Å²) in [5.74, 6) is -2.54. The van der Waals surface area contributed by atoms with Crippen LogP contribution in [-0.4, -0.2) is 55.7 Å². The first-order valence-corrected chi connectivity index (χ1v) is 6.55. The summed E-state index contributed by atoms with van der Waals surface area (Å²) in [6.07, 6.45) is -4.67. The Morgan fingerprint density at radius 3 is 2.75 bits per heavy atom. The van der Waals surface area contributed by atoms with Gasteiger partial charge < -0.3 is 15.0 Å². The van der Waals surface area contributed by atoms with E-state index in [1.807, 2.05) is 0 Å². The molecule has 0 aromatic rings. The first-order chi connectivity index (χ1) is 9.31. The quantitative estimate of drug-likeness (QED) is 0.756. The second kappa shape index (κ2) is 5.23. The number of ether oxygens (including phenoxy) is 1. The number of rotatable bonds is 2. The number of alkyl halides is 3. The van der Waals surface area contributed by atoms with E-state index in [2.05, 4.69) is 5.32 Å². The fourth-order valence-electron chi connectivity index (χ4n) is 3.01. The summed E-state index contributed by atoms with van der Waals surface area (Å²) in [4.78, 5) is 24.1. The zero-order valence-electron chi connectivity index (χ0n) is 11.1. The van der Waals surface area contributed by atoms with Crippen LogP contribution >= 0.6 is 0 Å². The maximum Gasteiger partial charge on any atom is 0.471 e. The van der Waals surface area contributed by atoms with Crippen molar-refractivity contribution in [3.8, 4) is 0 Å². The highest BCUT2D eigenvalue weighted by atomic mass is 19.4. The van der Waals surface area contributed by atoms with Gasteiger partial charge >= 0.3 is 18.1 Å². The molecule has 5 nitrogen and oxygen atoms in total. The van der Waals surface area contributed by atoms with Crippen LogP contribution in [0.4, 0.5) is 13.2 Å². The van der Waals surface area contributed by atoms with Gasteiger partial charge in [-0.3, -0.25) is 9.59 Å². The van der Waals surface area contributed by atoms with Gasteiger partial charge in [-0.1, -0.05) is 0 Å². The third-order valence-electron chi connectivity index (χ3n) is 4.09. The van der Waals surface area contributed by atoms with E-state index < -0.39 is 17.5 Å². The molecule has 2 saturated heterocycles. The Kier molecular flexibility index (Phi) is 3.95. The molecule has 2 heterocycles. The number of likely N-dealkylation sites (tertiary alicyclic amines) is 1. The van der Waals surface area contributed by atoms with Crippen LogP contribution in [-0.2, 0) is 14.3 Å². The lowest BCUT2D eigenvalue weighted by Gasteiger charge is -2.41. The molecule has 0 saturated carbocycles. The molecule has 0 aromatic carbocycles. The maximum atomic E-state index is 12.5. The van der Waals surface area contributed by atoms with Gasteiger partial charge in [0.1, 0.15) is 0 Å². The molecule has 0 bridgehead atoms. The maximum absolute atomic E-state index is 12.5. The van der Waals surface area contributed by atoms with E-state index in [0.717, 1.165) is 4.90 Å². The monoisotopic (exact) mass is 294 g/mol. The third kappa shape index (κ3) is 2.48. The number of carbonyl (C=O) groups excluding carboxylic acids is 2. The molecule has 20 heavy (non-hydrogen) atoms. The standard InChI is InChI=1S/C12H17F3N2O3/c1-2-20-10(19)11-3-4-17(9(18)12(13,14)15)6-8(11)5-16-7-11/h8,16H,2-7H2,1H3. The summed E-state index contributed by atoms with van der Waals surface area (Å²) in [5, 5.41) is 3.02. The minimum atomic E-state index is -4.87. The Hall–Kier alpha value is -1.31. The van der Waals surface area contributed by atoms with Crippen molar-refractivity contribution in [1.29, 1.82) is 0 Å². The minimum absolute atomic E-state index is 0.0653. The fourth-order valence-corrected chi connectivity index (χ4v) is 3.01. The highest BCUT2D eigenvalue weighted by molar-refractivity contribution is 5.83. The van der Waals surface area contributed by atoms with Crippen molar-refractivity contribution in [2.45, 2.75) is 19.5 Å². The lowest BCUT2D eigenvalue weighted by Crippen LogP contribution is -2.55. The molecule has 8 heteroatoms. The number of nitrogens with one attached hydrogen (secondary N) is 1. The Morgan fingerprint density at radius 1 is 1.45 bits per heavy atom. The van der Waals surface area contributed by atoms with Gasteiger partial charge in [0.15, 0.2) is 0 Å². The van der Waals surface area contributed by atoms with E-state index in [9.17, 15) is 22.8 Å². The zero-order valence-corrected chi connectivity index (χ0v) is 11.1. The van der Waals surface area contributed by atoms with Gasteiger partial charge in [0.2, 0.25) is 0 Å². The number of esters is 1. The summed E-state index contributed by atoms with van der Waals surface area (Å²) >= 11 is 0. The van der Waals surface area contributed by atoms with Gasteiger partial charge in [0.05, 0.1) is 12.0 Å². The average Bonchev–Trinajstić information content (AvgIpc) is 2.80. The van der Waals surface area contributed by atoms with E-state index in [4.69, 9.17) is 4.74 Å². The third-order valence-corrected chi connectivity index (χ3v) is 4.09. The van der Waals surface area contributed by atoms with Crippen molar-refractivity contribution in [3.63, 3.8) is 0 Å². The number of nitrogens with zero attached hydrogens (tertiary/aromatic N) is 1. The van der Waals surface area contributed by atoms with Crippen LogP contribution in [0.2, 0.25) is 0 Å². The lowest BCUT2D eigenvalue weighted by molar-refractivity contribution is -0.190. The Morgan fingerprint density at radius 2 is 2.15 bits per heavy atom. The highest BCUT2D eigenvalue weighted by Crippen LogP contribution is 2.41. The molecule has 0 spiro atoms. The van der Waals surface area contributed by atoms with Gasteiger partial charge in [0.25, 0.3) is 0 Å². The van der Waals surface area contributed by atoms with Crippen LogP contribution in [0.25, 0.3) is 0 Å². The van der Waals surface area contributed by atoms with Crippen LogP contribution in [0.5, 0.6) is 0 Å². The van der Waals surface area contributed by atoms with Crippen LogP contribution in [0.3, 0.4) is 0 Å². The molecule has 2 aliphatic rings. The smallest absolute Gasteiger partial charge is 0.466 e. The van der Waals surface area contributed by atoms with Crippen molar-refractivity contribution in [2.75, 3.05) is 32.8 Å². The fraction of sp³-hybridized carbons (Fsp3) is 0.833. The molecule has 2 atom stereocenters. The number of amides is 1. The molecule has 1 N–H and O–H groups in total. The summed E-state index contributed by atoms with van der Waals surface area (Å²) in [6.45, 7) is 2.59. The predicted octanol–water partition coefficient (Wildman–Crippen LogP) is 0.550. The predicted molar refractivity (Wildman–Crippen MR) is 62.7 cm³/mol. The first kappa shape index (κ1) is 15.1. The number of piperidine rings is 1. The molecule has 2 aliphatic heterocycles. The number of fused-ring (bicyclic) bond motifs is 1. The van der Waals surface area contributed by atoms with Crippen molar-refractivity contribution < 1.29 is 27.5 Å². The number of hydrogen-bond acceptors (Lipinski definition) is 4. The van der Waals surface area contributed by atoms with Gasteiger partial charge in [0, 0.05) is 32.1 Å². The van der Waals surface area contributed by atoms with Crippen LogP contribution in [0.1, 0.15) is 13.3 Å². The van der Waals surface area contributed by atoms with E-state index in [1.54, 1.807) is 6.92 Å². The first-order valence-electron chi connectivity index (χ1n) is 6.55.